The lowest BCUT2D eigenvalue weighted by molar-refractivity contribution is -0.125. The quantitative estimate of drug-likeness (QED) is 0.594. The maximum atomic E-state index is 12.6. The monoisotopic (exact) mass is 485 g/mol. The molecule has 140 valence electrons. The predicted octanol–water partition coefficient (Wildman–Crippen LogP) is 4.13. The van der Waals surface area contributed by atoms with Crippen LogP contribution in [0.2, 0.25) is 5.02 Å². The molecule has 0 saturated carbocycles. The molecule has 0 bridgehead atoms. The second-order valence-electron chi connectivity index (χ2n) is 5.65. The number of nitrogens with zero attached hydrogens (tertiary/aromatic N) is 1. The Balaban J connectivity index is 1.85. The third-order valence-electron chi connectivity index (χ3n) is 3.78. The number of thioether (sulfide) groups is 1. The highest BCUT2D eigenvalue weighted by Crippen LogP contribution is 2.31. The number of hydrogen-bond acceptors (Lipinski definition) is 5. The van der Waals surface area contributed by atoms with Crippen molar-refractivity contribution in [3.63, 3.8) is 0 Å². The second-order valence-corrected chi connectivity index (χ2v) is 9.80. The lowest BCUT2D eigenvalue weighted by atomic mass is 10.1. The van der Waals surface area contributed by atoms with Crippen molar-refractivity contribution in [1.82, 2.24) is 4.90 Å². The predicted molar refractivity (Wildman–Crippen MR) is 109 cm³/mol. The topological polar surface area (TPSA) is 71.5 Å². The molecule has 0 radical (unpaired) electrons. The lowest BCUT2D eigenvalue weighted by Crippen LogP contribution is -2.30. The van der Waals surface area contributed by atoms with E-state index in [0.29, 0.717) is 10.6 Å². The van der Waals surface area contributed by atoms with Gasteiger partial charge >= 0.3 is 0 Å². The molecule has 9 heteroatoms. The summed E-state index contributed by atoms with van der Waals surface area (Å²) >= 11 is 10.2. The molecular formula is C18H13BrClNO4S2. The van der Waals surface area contributed by atoms with Gasteiger partial charge in [-0.25, -0.2) is 8.42 Å². The molecule has 0 atom stereocenters. The molecular weight excluding hydrogens is 474 g/mol. The Kier molecular flexibility index (Phi) is 6.10. The van der Waals surface area contributed by atoms with Gasteiger partial charge in [0, 0.05) is 15.1 Å². The first-order chi connectivity index (χ1) is 12.8. The summed E-state index contributed by atoms with van der Waals surface area (Å²) in [5, 5.41) is 1.69. The number of hydrogen-bond donors (Lipinski definition) is 0. The van der Waals surface area contributed by atoms with Crippen LogP contribution in [0.4, 0.5) is 0 Å². The van der Waals surface area contributed by atoms with E-state index in [9.17, 15) is 18.0 Å². The molecule has 1 amide bonds. The summed E-state index contributed by atoms with van der Waals surface area (Å²) in [5.74, 6) is -0.480. The Hall–Kier alpha value is -1.61. The van der Waals surface area contributed by atoms with E-state index in [1.807, 2.05) is 0 Å². The third-order valence-corrected chi connectivity index (χ3v) is 7.19. The van der Waals surface area contributed by atoms with Crippen LogP contribution < -0.4 is 0 Å². The van der Waals surface area contributed by atoms with Crippen LogP contribution in [0, 0.1) is 0 Å². The molecule has 2 aromatic carbocycles. The molecule has 1 heterocycles. The van der Waals surface area contributed by atoms with Gasteiger partial charge in [-0.05, 0) is 36.4 Å². The Morgan fingerprint density at radius 1 is 1.15 bits per heavy atom. The summed E-state index contributed by atoms with van der Waals surface area (Å²) in [6.07, 6.45) is 0. The fourth-order valence-corrected chi connectivity index (χ4v) is 5.21. The first kappa shape index (κ1) is 20.1. The summed E-state index contributed by atoms with van der Waals surface area (Å²) in [7, 11) is -3.78. The normalized spacial score (nSPS) is 16.1. The fourth-order valence-electron chi connectivity index (χ4n) is 2.37. The lowest BCUT2D eigenvalue weighted by Gasteiger charge is -2.16. The molecule has 2 aromatic rings. The van der Waals surface area contributed by atoms with Crippen LogP contribution in [0.25, 0.3) is 0 Å². The molecule has 0 aliphatic carbocycles. The van der Waals surface area contributed by atoms with E-state index in [-0.39, 0.29) is 33.9 Å². The fraction of sp³-hybridized carbons (Fsp3) is 0.111. The Labute approximate surface area is 174 Å². The van der Waals surface area contributed by atoms with Crippen LogP contribution in [-0.4, -0.2) is 37.3 Å². The van der Waals surface area contributed by atoms with Gasteiger partial charge in [0.25, 0.3) is 0 Å². The molecule has 1 saturated heterocycles. The average Bonchev–Trinajstić information content (AvgIpc) is 2.95. The first-order valence-corrected chi connectivity index (χ1v) is 11.4. The van der Waals surface area contributed by atoms with Crippen molar-refractivity contribution in [3.8, 4) is 0 Å². The summed E-state index contributed by atoms with van der Waals surface area (Å²) in [4.78, 5) is 25.9. The highest BCUT2D eigenvalue weighted by molar-refractivity contribution is 9.10. The van der Waals surface area contributed by atoms with Gasteiger partial charge in [-0.1, -0.05) is 51.4 Å². The first-order valence-electron chi connectivity index (χ1n) is 7.70. The van der Waals surface area contributed by atoms with Crippen LogP contribution in [0.15, 0.2) is 68.3 Å². The Morgan fingerprint density at radius 3 is 2.41 bits per heavy atom. The zero-order valence-corrected chi connectivity index (χ0v) is 17.7. The maximum Gasteiger partial charge on any atom is 0.238 e. The standard InChI is InChI=1S/C18H13BrClNO4S2/c19-13-3-1-12(2-4-13)16(22)9-21-17(23)10-26-18(21)11-27(24,25)15-7-5-14(20)6-8-15/h1-8,11H,9-10H2/b18-11-. The maximum absolute atomic E-state index is 12.6. The molecule has 1 aliphatic heterocycles. The largest absolute Gasteiger partial charge is 0.298 e. The van der Waals surface area contributed by atoms with Gasteiger partial charge < -0.3 is 0 Å². The SMILES string of the molecule is O=C(CN1C(=O)CS/C1=C\S(=O)(=O)c1ccc(Cl)cc1)c1ccc(Br)cc1. The van der Waals surface area contributed by atoms with E-state index in [1.54, 1.807) is 24.3 Å². The molecule has 5 nitrogen and oxygen atoms in total. The Bertz CT molecular complexity index is 1020. The number of Topliss-reactive ketones (excluding diaryl/α,β-unsaturated/α-hetero) is 1. The van der Waals surface area contributed by atoms with E-state index in [1.165, 1.54) is 29.2 Å². The van der Waals surface area contributed by atoms with Crippen molar-refractivity contribution >= 4 is 60.8 Å². The van der Waals surface area contributed by atoms with E-state index in [4.69, 9.17) is 11.6 Å². The van der Waals surface area contributed by atoms with Gasteiger partial charge in [0.2, 0.25) is 15.7 Å². The number of benzene rings is 2. The van der Waals surface area contributed by atoms with Crippen molar-refractivity contribution in [1.29, 1.82) is 0 Å². The summed E-state index contributed by atoms with van der Waals surface area (Å²) < 4.78 is 26.0. The van der Waals surface area contributed by atoms with E-state index in [0.717, 1.165) is 21.6 Å². The van der Waals surface area contributed by atoms with Crippen molar-refractivity contribution in [2.75, 3.05) is 12.3 Å². The van der Waals surface area contributed by atoms with Crippen molar-refractivity contribution in [3.05, 3.63) is 74.0 Å². The van der Waals surface area contributed by atoms with E-state index in [2.05, 4.69) is 15.9 Å². The van der Waals surface area contributed by atoms with Gasteiger partial charge in [-0.15, -0.1) is 0 Å². The number of carbonyl (C=O) groups is 2. The van der Waals surface area contributed by atoms with Gasteiger partial charge in [0.15, 0.2) is 5.78 Å². The molecule has 0 N–H and O–H groups in total. The van der Waals surface area contributed by atoms with Crippen LogP contribution in [-0.2, 0) is 14.6 Å². The highest BCUT2D eigenvalue weighted by Gasteiger charge is 2.30. The zero-order valence-electron chi connectivity index (χ0n) is 13.8. The van der Waals surface area contributed by atoms with Gasteiger partial charge in [-0.3, -0.25) is 14.5 Å². The number of rotatable bonds is 5. The number of amides is 1. The number of halogens is 2. The Morgan fingerprint density at radius 2 is 1.78 bits per heavy atom. The van der Waals surface area contributed by atoms with Crippen molar-refractivity contribution < 1.29 is 18.0 Å². The minimum atomic E-state index is -3.78. The van der Waals surface area contributed by atoms with Crippen LogP contribution in [0.5, 0.6) is 0 Å². The smallest absolute Gasteiger partial charge is 0.238 e. The van der Waals surface area contributed by atoms with Gasteiger partial charge in [0.1, 0.15) is 0 Å². The molecule has 0 spiro atoms. The van der Waals surface area contributed by atoms with Crippen LogP contribution >= 0.6 is 39.3 Å². The molecule has 0 aromatic heterocycles. The number of carbonyl (C=O) groups excluding carboxylic acids is 2. The third kappa shape index (κ3) is 4.82. The van der Waals surface area contributed by atoms with Crippen LogP contribution in [0.1, 0.15) is 10.4 Å². The molecule has 27 heavy (non-hydrogen) atoms. The highest BCUT2D eigenvalue weighted by atomic mass is 79.9. The van der Waals surface area contributed by atoms with Crippen LogP contribution in [0.3, 0.4) is 0 Å². The number of sulfone groups is 1. The van der Waals surface area contributed by atoms with Gasteiger partial charge in [0.05, 0.1) is 27.6 Å². The molecule has 3 rings (SSSR count). The molecule has 1 fully saturated rings. The zero-order chi connectivity index (χ0) is 19.6. The minimum Gasteiger partial charge on any atom is -0.298 e. The second kappa shape index (κ2) is 8.18. The molecule has 0 unspecified atom stereocenters. The number of ketones is 1. The minimum absolute atomic E-state index is 0.0681. The van der Waals surface area contributed by atoms with Crippen molar-refractivity contribution in [2.45, 2.75) is 4.90 Å². The van der Waals surface area contributed by atoms with E-state index >= 15 is 0 Å². The summed E-state index contributed by atoms with van der Waals surface area (Å²) in [5.41, 5.74) is 0.447. The molecule has 1 aliphatic rings. The van der Waals surface area contributed by atoms with Gasteiger partial charge in [-0.2, -0.15) is 0 Å². The average molecular weight is 487 g/mol. The summed E-state index contributed by atoms with van der Waals surface area (Å²) in [6, 6.07) is 12.5. The van der Waals surface area contributed by atoms with Crippen molar-refractivity contribution in [2.24, 2.45) is 0 Å². The van der Waals surface area contributed by atoms with E-state index < -0.39 is 9.84 Å². The summed E-state index contributed by atoms with van der Waals surface area (Å²) in [6.45, 7) is -0.213.